The first-order valence-electron chi connectivity index (χ1n) is 4.37. The SMILES string of the molecule is COc1ccc(C=CC(=O)C(F)(F)F)cc1. The molecule has 0 amide bonds. The molecule has 0 radical (unpaired) electrons. The first kappa shape index (κ1) is 12.3. The van der Waals surface area contributed by atoms with E-state index in [1.165, 1.54) is 7.11 Å². The fraction of sp³-hybridized carbons (Fsp3) is 0.182. The van der Waals surface area contributed by atoms with Crippen LogP contribution in [0.15, 0.2) is 30.3 Å². The molecular formula is C11H9F3O2. The van der Waals surface area contributed by atoms with Gasteiger partial charge in [-0.2, -0.15) is 13.2 Å². The molecule has 0 fully saturated rings. The van der Waals surface area contributed by atoms with Gasteiger partial charge in [-0.05, 0) is 23.8 Å². The monoisotopic (exact) mass is 230 g/mol. The number of allylic oxidation sites excluding steroid dienone is 1. The lowest BCUT2D eigenvalue weighted by molar-refractivity contribution is -0.165. The molecule has 16 heavy (non-hydrogen) atoms. The standard InChI is InChI=1S/C11H9F3O2/c1-16-9-5-2-8(3-6-9)4-7-10(15)11(12,13)14/h2-7H,1H3. The minimum absolute atomic E-state index is 0.499. The minimum atomic E-state index is -4.82. The largest absolute Gasteiger partial charge is 0.497 e. The van der Waals surface area contributed by atoms with Crippen molar-refractivity contribution in [1.82, 2.24) is 0 Å². The summed E-state index contributed by atoms with van der Waals surface area (Å²) in [6.45, 7) is 0. The molecule has 0 unspecified atom stereocenters. The Morgan fingerprint density at radius 2 is 1.81 bits per heavy atom. The molecule has 2 nitrogen and oxygen atoms in total. The number of carbonyl (C=O) groups is 1. The van der Waals surface area contributed by atoms with Crippen molar-refractivity contribution in [3.05, 3.63) is 35.9 Å². The highest BCUT2D eigenvalue weighted by Crippen LogP contribution is 2.18. The third-order valence-electron chi connectivity index (χ3n) is 1.82. The van der Waals surface area contributed by atoms with Gasteiger partial charge >= 0.3 is 6.18 Å². The number of halogens is 3. The summed E-state index contributed by atoms with van der Waals surface area (Å²) in [5.74, 6) is -1.28. The highest BCUT2D eigenvalue weighted by Gasteiger charge is 2.35. The molecule has 1 aromatic carbocycles. The van der Waals surface area contributed by atoms with Crippen LogP contribution in [-0.2, 0) is 4.79 Å². The molecule has 86 valence electrons. The van der Waals surface area contributed by atoms with Gasteiger partial charge in [0.1, 0.15) is 5.75 Å². The van der Waals surface area contributed by atoms with E-state index in [0.717, 1.165) is 6.08 Å². The first-order chi connectivity index (χ1) is 7.43. The molecule has 0 N–H and O–H groups in total. The summed E-state index contributed by atoms with van der Waals surface area (Å²) in [6.07, 6.45) is -3.21. The zero-order chi connectivity index (χ0) is 12.2. The topological polar surface area (TPSA) is 26.3 Å². The maximum Gasteiger partial charge on any atom is 0.454 e. The molecule has 0 aromatic heterocycles. The number of benzene rings is 1. The van der Waals surface area contributed by atoms with Crippen LogP contribution in [0.2, 0.25) is 0 Å². The lowest BCUT2D eigenvalue weighted by Gasteiger charge is -2.00. The molecule has 0 bridgehead atoms. The average Bonchev–Trinajstić information content (AvgIpc) is 2.25. The molecular weight excluding hydrogens is 221 g/mol. The molecule has 0 aliphatic carbocycles. The highest BCUT2D eigenvalue weighted by atomic mass is 19.4. The molecule has 0 saturated heterocycles. The summed E-state index contributed by atoms with van der Waals surface area (Å²) in [5, 5.41) is 0. The van der Waals surface area contributed by atoms with Crippen molar-refractivity contribution in [2.45, 2.75) is 6.18 Å². The lowest BCUT2D eigenvalue weighted by atomic mass is 10.2. The zero-order valence-electron chi connectivity index (χ0n) is 8.41. The van der Waals surface area contributed by atoms with E-state index in [1.54, 1.807) is 24.3 Å². The van der Waals surface area contributed by atoms with Gasteiger partial charge in [-0.25, -0.2) is 0 Å². The number of methoxy groups -OCH3 is 1. The van der Waals surface area contributed by atoms with Gasteiger partial charge in [-0.15, -0.1) is 0 Å². The van der Waals surface area contributed by atoms with E-state index in [9.17, 15) is 18.0 Å². The number of hydrogen-bond donors (Lipinski definition) is 0. The third kappa shape index (κ3) is 3.42. The predicted molar refractivity (Wildman–Crippen MR) is 53.1 cm³/mol. The summed E-state index contributed by atoms with van der Waals surface area (Å²) in [7, 11) is 1.48. The molecule has 0 saturated carbocycles. The van der Waals surface area contributed by atoms with Crippen LogP contribution in [0.3, 0.4) is 0 Å². The Labute approximate surface area is 90.3 Å². The number of alkyl halides is 3. The normalized spacial score (nSPS) is 11.8. The molecule has 1 aromatic rings. The van der Waals surface area contributed by atoms with Crippen molar-refractivity contribution >= 4 is 11.9 Å². The van der Waals surface area contributed by atoms with Gasteiger partial charge < -0.3 is 4.74 Å². The molecule has 1 rings (SSSR count). The van der Waals surface area contributed by atoms with Crippen LogP contribution >= 0.6 is 0 Å². The lowest BCUT2D eigenvalue weighted by Crippen LogP contribution is -2.19. The van der Waals surface area contributed by atoms with E-state index in [4.69, 9.17) is 4.74 Å². The Morgan fingerprint density at radius 3 is 2.25 bits per heavy atom. The summed E-state index contributed by atoms with van der Waals surface area (Å²) >= 11 is 0. The van der Waals surface area contributed by atoms with E-state index in [0.29, 0.717) is 17.4 Å². The number of hydrogen-bond acceptors (Lipinski definition) is 2. The highest BCUT2D eigenvalue weighted by molar-refractivity contribution is 5.97. The molecule has 0 aliphatic heterocycles. The minimum Gasteiger partial charge on any atom is -0.497 e. The van der Waals surface area contributed by atoms with Crippen molar-refractivity contribution in [2.24, 2.45) is 0 Å². The Balaban J connectivity index is 2.73. The maximum absolute atomic E-state index is 11.8. The smallest absolute Gasteiger partial charge is 0.454 e. The number of rotatable bonds is 3. The second kappa shape index (κ2) is 4.83. The van der Waals surface area contributed by atoms with Crippen molar-refractivity contribution in [1.29, 1.82) is 0 Å². The van der Waals surface area contributed by atoms with Crippen LogP contribution in [-0.4, -0.2) is 19.1 Å². The molecule has 0 aliphatic rings. The van der Waals surface area contributed by atoms with Gasteiger partial charge in [0, 0.05) is 0 Å². The quantitative estimate of drug-likeness (QED) is 0.746. The Kier molecular flexibility index (Phi) is 3.71. The van der Waals surface area contributed by atoms with E-state index in [-0.39, 0.29) is 0 Å². The van der Waals surface area contributed by atoms with Gasteiger partial charge in [0.25, 0.3) is 5.78 Å². The number of ketones is 1. The van der Waals surface area contributed by atoms with Crippen LogP contribution in [0.5, 0.6) is 5.75 Å². The van der Waals surface area contributed by atoms with Crippen LogP contribution < -0.4 is 4.74 Å². The van der Waals surface area contributed by atoms with E-state index in [1.807, 2.05) is 0 Å². The summed E-state index contributed by atoms with van der Waals surface area (Å²) < 4.78 is 40.4. The van der Waals surface area contributed by atoms with Crippen LogP contribution in [0.4, 0.5) is 13.2 Å². The van der Waals surface area contributed by atoms with E-state index >= 15 is 0 Å². The fourth-order valence-electron chi connectivity index (χ4n) is 0.981. The second-order valence-corrected chi connectivity index (χ2v) is 2.97. The maximum atomic E-state index is 11.8. The van der Waals surface area contributed by atoms with Crippen molar-refractivity contribution in [3.8, 4) is 5.75 Å². The Morgan fingerprint density at radius 1 is 1.25 bits per heavy atom. The second-order valence-electron chi connectivity index (χ2n) is 2.97. The van der Waals surface area contributed by atoms with Gasteiger partial charge in [-0.3, -0.25) is 4.79 Å². The molecule has 0 spiro atoms. The van der Waals surface area contributed by atoms with Gasteiger partial charge in [-0.1, -0.05) is 18.2 Å². The molecule has 0 atom stereocenters. The van der Waals surface area contributed by atoms with E-state index < -0.39 is 12.0 Å². The summed E-state index contributed by atoms with van der Waals surface area (Å²) in [6, 6.07) is 6.30. The first-order valence-corrected chi connectivity index (χ1v) is 4.37. The van der Waals surface area contributed by atoms with Crippen LogP contribution in [0.1, 0.15) is 5.56 Å². The Hall–Kier alpha value is -1.78. The van der Waals surface area contributed by atoms with E-state index in [2.05, 4.69) is 0 Å². The van der Waals surface area contributed by atoms with Gasteiger partial charge in [0.05, 0.1) is 7.11 Å². The zero-order valence-corrected chi connectivity index (χ0v) is 8.41. The summed E-state index contributed by atoms with van der Waals surface area (Å²) in [4.78, 5) is 10.5. The molecule has 0 heterocycles. The van der Waals surface area contributed by atoms with Crippen LogP contribution in [0, 0.1) is 0 Å². The molecule has 5 heteroatoms. The van der Waals surface area contributed by atoms with Gasteiger partial charge in [0.15, 0.2) is 0 Å². The number of ether oxygens (including phenoxy) is 1. The van der Waals surface area contributed by atoms with Crippen LogP contribution in [0.25, 0.3) is 6.08 Å². The number of carbonyl (C=O) groups excluding carboxylic acids is 1. The van der Waals surface area contributed by atoms with Crippen molar-refractivity contribution in [3.63, 3.8) is 0 Å². The van der Waals surface area contributed by atoms with Crippen molar-refractivity contribution < 1.29 is 22.7 Å². The van der Waals surface area contributed by atoms with Gasteiger partial charge in [0.2, 0.25) is 0 Å². The third-order valence-corrected chi connectivity index (χ3v) is 1.82. The summed E-state index contributed by atoms with van der Waals surface area (Å²) in [5.41, 5.74) is 0.499. The predicted octanol–water partition coefficient (Wildman–Crippen LogP) is 2.84. The van der Waals surface area contributed by atoms with Crippen molar-refractivity contribution in [2.75, 3.05) is 7.11 Å². The fourth-order valence-corrected chi connectivity index (χ4v) is 0.981. The Bertz CT molecular complexity index is 391. The average molecular weight is 230 g/mol.